The smallest absolute Gasteiger partial charge is 0.123 e. The lowest BCUT2D eigenvalue weighted by molar-refractivity contribution is 0.306. The molecule has 0 saturated carbocycles. The van der Waals surface area contributed by atoms with Crippen LogP contribution in [0.25, 0.3) is 11.3 Å². The molecule has 3 aromatic rings. The van der Waals surface area contributed by atoms with Gasteiger partial charge in [0.2, 0.25) is 0 Å². The molecule has 0 aliphatic carbocycles. The van der Waals surface area contributed by atoms with Crippen molar-refractivity contribution in [1.29, 1.82) is 0 Å². The van der Waals surface area contributed by atoms with Gasteiger partial charge in [-0.25, -0.2) is 9.07 Å². The van der Waals surface area contributed by atoms with Crippen molar-refractivity contribution in [3.05, 3.63) is 71.7 Å². The minimum absolute atomic E-state index is 0. The average molecular weight is 385 g/mol. The number of benzene rings is 2. The highest BCUT2D eigenvalue weighted by atomic mass is 35.5. The van der Waals surface area contributed by atoms with Crippen molar-refractivity contribution in [2.75, 3.05) is 13.1 Å². The molecule has 2 atom stereocenters. The molecule has 0 bridgehead atoms. The van der Waals surface area contributed by atoms with E-state index in [1.807, 2.05) is 30.3 Å². The molecule has 6 heteroatoms. The minimum Gasteiger partial charge on any atom is -0.297 e. The highest BCUT2D eigenvalue weighted by molar-refractivity contribution is 5.85. The van der Waals surface area contributed by atoms with Crippen molar-refractivity contribution in [2.45, 2.75) is 25.4 Å². The predicted octanol–water partition coefficient (Wildman–Crippen LogP) is 4.13. The molecule has 4 nitrogen and oxygen atoms in total. The molecule has 3 heterocycles. The van der Waals surface area contributed by atoms with Gasteiger partial charge < -0.3 is 0 Å². The summed E-state index contributed by atoms with van der Waals surface area (Å²) in [5.41, 5.74) is 4.60. The molecular formula is C21H22ClFN4. The van der Waals surface area contributed by atoms with E-state index in [0.29, 0.717) is 12.0 Å². The van der Waals surface area contributed by atoms with Crippen molar-refractivity contribution >= 4 is 12.4 Å². The van der Waals surface area contributed by atoms with Gasteiger partial charge >= 0.3 is 0 Å². The van der Waals surface area contributed by atoms with Gasteiger partial charge in [0, 0.05) is 25.2 Å². The van der Waals surface area contributed by atoms with Gasteiger partial charge in [0.1, 0.15) is 11.5 Å². The first-order valence-electron chi connectivity index (χ1n) is 9.24. The van der Waals surface area contributed by atoms with E-state index in [2.05, 4.69) is 32.0 Å². The molecule has 2 aliphatic rings. The fourth-order valence-electron chi connectivity index (χ4n) is 4.43. The van der Waals surface area contributed by atoms with Crippen LogP contribution in [0.1, 0.15) is 23.7 Å². The Hall–Kier alpha value is -2.24. The van der Waals surface area contributed by atoms with E-state index in [1.54, 1.807) is 12.1 Å². The Morgan fingerprint density at radius 3 is 2.56 bits per heavy atom. The molecule has 0 spiro atoms. The number of fused-ring (bicyclic) bond motifs is 3. The van der Waals surface area contributed by atoms with Crippen LogP contribution in [-0.2, 0) is 13.0 Å². The third-order valence-corrected chi connectivity index (χ3v) is 5.71. The van der Waals surface area contributed by atoms with Gasteiger partial charge in [-0.1, -0.05) is 47.7 Å². The maximum absolute atomic E-state index is 13.1. The van der Waals surface area contributed by atoms with Crippen molar-refractivity contribution < 1.29 is 4.39 Å². The Balaban J connectivity index is 0.00000180. The Kier molecular flexibility index (Phi) is 4.98. The Bertz CT molecular complexity index is 910. The quantitative estimate of drug-likeness (QED) is 0.681. The molecule has 5 rings (SSSR count). The Morgan fingerprint density at radius 2 is 1.78 bits per heavy atom. The van der Waals surface area contributed by atoms with Crippen LogP contribution < -0.4 is 0 Å². The second-order valence-corrected chi connectivity index (χ2v) is 7.38. The van der Waals surface area contributed by atoms with Crippen LogP contribution in [0.2, 0.25) is 0 Å². The maximum Gasteiger partial charge on any atom is 0.123 e. The molecule has 1 fully saturated rings. The van der Waals surface area contributed by atoms with E-state index >= 15 is 0 Å². The van der Waals surface area contributed by atoms with Crippen LogP contribution in [0.5, 0.6) is 0 Å². The lowest BCUT2D eigenvalue weighted by Gasteiger charge is -2.25. The Morgan fingerprint density at radius 1 is 1.00 bits per heavy atom. The second-order valence-electron chi connectivity index (χ2n) is 7.38. The molecule has 140 valence electrons. The van der Waals surface area contributed by atoms with Crippen molar-refractivity contribution in [3.8, 4) is 11.3 Å². The van der Waals surface area contributed by atoms with E-state index in [9.17, 15) is 4.39 Å². The van der Waals surface area contributed by atoms with E-state index < -0.39 is 0 Å². The second kappa shape index (κ2) is 7.41. The number of hydrogen-bond acceptors (Lipinski definition) is 3. The van der Waals surface area contributed by atoms with Crippen molar-refractivity contribution in [2.24, 2.45) is 5.92 Å². The first-order valence-corrected chi connectivity index (χ1v) is 9.24. The molecular weight excluding hydrogens is 363 g/mol. The van der Waals surface area contributed by atoms with Crippen LogP contribution >= 0.6 is 12.4 Å². The molecule has 1 aromatic heterocycles. The SMILES string of the molecule is Cl.Fc1ccc(CN2C[C@H]3CCc4c(-c5ccccc5)nnn4[C@@H]3C2)cc1. The molecule has 0 radical (unpaired) electrons. The highest BCUT2D eigenvalue weighted by Gasteiger charge is 2.39. The zero-order valence-corrected chi connectivity index (χ0v) is 15.8. The van der Waals surface area contributed by atoms with Crippen LogP contribution in [0.4, 0.5) is 4.39 Å². The standard InChI is InChI=1S/C21H21FN4.ClH/c22-18-9-6-15(7-10-18)12-25-13-17-8-11-19-21(16-4-2-1-3-5-16)23-24-26(19)20(17)14-25;/h1-7,9-10,17,20H,8,11-14H2;1H/t17-,20-;/m1./s1. The van der Waals surface area contributed by atoms with Crippen LogP contribution in [0, 0.1) is 11.7 Å². The van der Waals surface area contributed by atoms with Crippen LogP contribution in [-0.4, -0.2) is 33.0 Å². The maximum atomic E-state index is 13.1. The summed E-state index contributed by atoms with van der Waals surface area (Å²) in [6.07, 6.45) is 2.21. The van der Waals surface area contributed by atoms with Gasteiger partial charge in [0.05, 0.1) is 11.7 Å². The van der Waals surface area contributed by atoms with E-state index in [0.717, 1.165) is 42.9 Å². The fourth-order valence-corrected chi connectivity index (χ4v) is 4.43. The zero-order chi connectivity index (χ0) is 17.5. The molecule has 0 N–H and O–H groups in total. The largest absolute Gasteiger partial charge is 0.297 e. The summed E-state index contributed by atoms with van der Waals surface area (Å²) in [6.45, 7) is 2.91. The first-order chi connectivity index (χ1) is 12.8. The van der Waals surface area contributed by atoms with Crippen molar-refractivity contribution in [1.82, 2.24) is 19.9 Å². The van der Waals surface area contributed by atoms with Gasteiger partial charge in [-0.05, 0) is 36.5 Å². The minimum atomic E-state index is -0.176. The molecule has 0 unspecified atom stereocenters. The van der Waals surface area contributed by atoms with Gasteiger partial charge in [0.25, 0.3) is 0 Å². The summed E-state index contributed by atoms with van der Waals surface area (Å²) >= 11 is 0. The van der Waals surface area contributed by atoms with Crippen LogP contribution in [0.3, 0.4) is 0 Å². The van der Waals surface area contributed by atoms with E-state index in [-0.39, 0.29) is 18.2 Å². The number of rotatable bonds is 3. The molecule has 27 heavy (non-hydrogen) atoms. The Labute approximate surface area is 164 Å². The third kappa shape index (κ3) is 3.37. The van der Waals surface area contributed by atoms with E-state index in [4.69, 9.17) is 0 Å². The number of aromatic nitrogens is 3. The summed E-state index contributed by atoms with van der Waals surface area (Å²) < 4.78 is 15.3. The van der Waals surface area contributed by atoms with Gasteiger partial charge in [-0.15, -0.1) is 17.5 Å². The lowest BCUT2D eigenvalue weighted by atomic mass is 9.91. The number of halogens is 2. The van der Waals surface area contributed by atoms with E-state index in [1.165, 1.54) is 12.1 Å². The fraction of sp³-hybridized carbons (Fsp3) is 0.333. The highest BCUT2D eigenvalue weighted by Crippen LogP contribution is 2.39. The monoisotopic (exact) mass is 384 g/mol. The predicted molar refractivity (Wildman–Crippen MR) is 105 cm³/mol. The summed E-state index contributed by atoms with van der Waals surface area (Å²) in [7, 11) is 0. The zero-order valence-electron chi connectivity index (χ0n) is 15.0. The average Bonchev–Trinajstić information content (AvgIpc) is 3.27. The summed E-state index contributed by atoms with van der Waals surface area (Å²) in [5, 5.41) is 9.02. The number of nitrogens with zero attached hydrogens (tertiary/aromatic N) is 4. The summed E-state index contributed by atoms with van der Waals surface area (Å²) in [5.74, 6) is 0.442. The first kappa shape index (κ1) is 18.1. The lowest BCUT2D eigenvalue weighted by Crippen LogP contribution is -2.26. The molecule has 2 aliphatic heterocycles. The summed E-state index contributed by atoms with van der Waals surface area (Å²) in [6, 6.07) is 17.6. The van der Waals surface area contributed by atoms with Crippen molar-refractivity contribution in [3.63, 3.8) is 0 Å². The third-order valence-electron chi connectivity index (χ3n) is 5.71. The topological polar surface area (TPSA) is 34.0 Å². The number of hydrogen-bond donors (Lipinski definition) is 0. The molecule has 1 saturated heterocycles. The van der Waals surface area contributed by atoms with Gasteiger partial charge in [0.15, 0.2) is 0 Å². The molecule has 0 amide bonds. The normalized spacial score (nSPS) is 21.4. The van der Waals surface area contributed by atoms with Crippen LogP contribution in [0.15, 0.2) is 54.6 Å². The summed E-state index contributed by atoms with van der Waals surface area (Å²) in [4.78, 5) is 2.46. The molecule has 2 aromatic carbocycles. The number of likely N-dealkylation sites (tertiary alicyclic amines) is 1. The van der Waals surface area contributed by atoms with Gasteiger partial charge in [-0.2, -0.15) is 0 Å². The van der Waals surface area contributed by atoms with Gasteiger partial charge in [-0.3, -0.25) is 4.90 Å².